The van der Waals surface area contributed by atoms with Gasteiger partial charge in [-0.1, -0.05) is 13.0 Å². The second kappa shape index (κ2) is 4.72. The number of hydrogen-bond donors (Lipinski definition) is 2. The van der Waals surface area contributed by atoms with Crippen LogP contribution in [0, 0.1) is 0 Å². The van der Waals surface area contributed by atoms with E-state index in [1.54, 1.807) is 0 Å². The van der Waals surface area contributed by atoms with Crippen molar-refractivity contribution in [3.05, 3.63) is 23.8 Å². The summed E-state index contributed by atoms with van der Waals surface area (Å²) in [6.45, 7) is 3.37. The number of fused-ring (bicyclic) bond motifs is 1. The molecule has 0 amide bonds. The lowest BCUT2D eigenvalue weighted by molar-refractivity contribution is 0.155. The number of nitrogens with two attached hydrogens (primary N) is 1. The fourth-order valence-corrected chi connectivity index (χ4v) is 1.77. The number of ether oxygens (including phenoxy) is 2. The van der Waals surface area contributed by atoms with Crippen LogP contribution in [-0.4, -0.2) is 31.0 Å². The molecule has 4 nitrogen and oxygen atoms in total. The summed E-state index contributed by atoms with van der Waals surface area (Å²) in [4.78, 5) is 0. The molecule has 0 bridgehead atoms. The zero-order chi connectivity index (χ0) is 11.5. The van der Waals surface area contributed by atoms with Crippen LogP contribution in [-0.2, 0) is 0 Å². The van der Waals surface area contributed by atoms with Crippen LogP contribution in [0.1, 0.15) is 18.4 Å². The van der Waals surface area contributed by atoms with Gasteiger partial charge in [0.15, 0.2) is 11.5 Å². The highest BCUT2D eigenvalue weighted by molar-refractivity contribution is 5.44. The zero-order valence-corrected chi connectivity index (χ0v) is 9.35. The van der Waals surface area contributed by atoms with Gasteiger partial charge in [-0.2, -0.15) is 0 Å². The Hall–Kier alpha value is -1.26. The van der Waals surface area contributed by atoms with E-state index in [0.29, 0.717) is 13.2 Å². The van der Waals surface area contributed by atoms with Gasteiger partial charge in [-0.05, 0) is 17.7 Å². The van der Waals surface area contributed by atoms with Crippen LogP contribution in [0.3, 0.4) is 0 Å². The predicted molar refractivity (Wildman–Crippen MR) is 60.9 cm³/mol. The van der Waals surface area contributed by atoms with Gasteiger partial charge in [0.2, 0.25) is 0 Å². The van der Waals surface area contributed by atoms with Gasteiger partial charge in [0.05, 0.1) is 6.10 Å². The summed E-state index contributed by atoms with van der Waals surface area (Å²) < 4.78 is 10.9. The number of hydrogen-bond acceptors (Lipinski definition) is 4. The molecule has 16 heavy (non-hydrogen) atoms. The highest BCUT2D eigenvalue weighted by Crippen LogP contribution is 2.33. The maximum absolute atomic E-state index is 9.69. The molecular weight excluding hydrogens is 206 g/mol. The maximum atomic E-state index is 9.69. The lowest BCUT2D eigenvalue weighted by Crippen LogP contribution is -2.25. The Labute approximate surface area is 95.0 Å². The van der Waals surface area contributed by atoms with Crippen molar-refractivity contribution in [2.75, 3.05) is 19.8 Å². The minimum absolute atomic E-state index is 0.000765. The van der Waals surface area contributed by atoms with Gasteiger partial charge in [0, 0.05) is 12.5 Å². The fourth-order valence-electron chi connectivity index (χ4n) is 1.77. The Balaban J connectivity index is 2.22. The lowest BCUT2D eigenvalue weighted by atomic mass is 9.95. The fraction of sp³-hybridized carbons (Fsp3) is 0.500. The van der Waals surface area contributed by atoms with Crippen molar-refractivity contribution >= 4 is 0 Å². The van der Waals surface area contributed by atoms with Crippen molar-refractivity contribution in [2.45, 2.75) is 18.9 Å². The number of aliphatic hydroxyl groups is 1. The molecule has 88 valence electrons. The number of benzene rings is 1. The molecule has 0 radical (unpaired) electrons. The minimum atomic E-state index is -0.525. The lowest BCUT2D eigenvalue weighted by Gasteiger charge is -2.22. The third kappa shape index (κ3) is 2.13. The molecule has 1 aromatic carbocycles. The quantitative estimate of drug-likeness (QED) is 0.798. The molecule has 1 aliphatic rings. The highest BCUT2D eigenvalue weighted by atomic mass is 16.6. The first-order valence-corrected chi connectivity index (χ1v) is 5.50. The largest absolute Gasteiger partial charge is 0.486 e. The van der Waals surface area contributed by atoms with E-state index in [4.69, 9.17) is 15.2 Å². The van der Waals surface area contributed by atoms with Gasteiger partial charge in [0.1, 0.15) is 13.2 Å². The molecular formula is C12H17NO3. The molecule has 0 aliphatic carbocycles. The van der Waals surface area contributed by atoms with Gasteiger partial charge in [-0.3, -0.25) is 0 Å². The third-order valence-electron chi connectivity index (χ3n) is 2.91. The first kappa shape index (κ1) is 11.2. The normalized spacial score (nSPS) is 17.9. The summed E-state index contributed by atoms with van der Waals surface area (Å²) in [5.41, 5.74) is 6.46. The van der Waals surface area contributed by atoms with Crippen LogP contribution in [0.4, 0.5) is 0 Å². The summed E-state index contributed by atoms with van der Waals surface area (Å²) in [6.07, 6.45) is -0.525. The summed E-state index contributed by atoms with van der Waals surface area (Å²) in [5.74, 6) is 1.52. The van der Waals surface area contributed by atoms with Crippen molar-refractivity contribution in [3.63, 3.8) is 0 Å². The van der Waals surface area contributed by atoms with Crippen molar-refractivity contribution in [1.82, 2.24) is 0 Å². The Kier molecular flexibility index (Phi) is 3.31. The first-order chi connectivity index (χ1) is 7.72. The summed E-state index contributed by atoms with van der Waals surface area (Å²) in [5, 5.41) is 9.69. The average Bonchev–Trinajstić information content (AvgIpc) is 2.36. The van der Waals surface area contributed by atoms with E-state index in [9.17, 15) is 5.11 Å². The molecule has 1 aliphatic heterocycles. The van der Waals surface area contributed by atoms with Crippen LogP contribution in [0.5, 0.6) is 11.5 Å². The molecule has 3 N–H and O–H groups in total. The highest BCUT2D eigenvalue weighted by Gasteiger charge is 2.18. The Bertz CT molecular complexity index is 367. The van der Waals surface area contributed by atoms with E-state index in [1.807, 2.05) is 25.1 Å². The van der Waals surface area contributed by atoms with Crippen LogP contribution in [0.15, 0.2) is 18.2 Å². The molecule has 4 heteroatoms. The van der Waals surface area contributed by atoms with Gasteiger partial charge >= 0.3 is 0 Å². The van der Waals surface area contributed by atoms with Crippen molar-refractivity contribution in [1.29, 1.82) is 0 Å². The summed E-state index contributed by atoms with van der Waals surface area (Å²) in [6, 6.07) is 5.73. The Morgan fingerprint density at radius 2 is 2.00 bits per heavy atom. The predicted octanol–water partition coefficient (Wildman–Crippen LogP) is 0.881. The molecule has 0 fully saturated rings. The van der Waals surface area contributed by atoms with E-state index in [2.05, 4.69) is 0 Å². The van der Waals surface area contributed by atoms with Gasteiger partial charge in [-0.15, -0.1) is 0 Å². The molecule has 0 saturated carbocycles. The Morgan fingerprint density at radius 1 is 1.31 bits per heavy atom. The van der Waals surface area contributed by atoms with E-state index >= 15 is 0 Å². The van der Waals surface area contributed by atoms with E-state index in [-0.39, 0.29) is 12.5 Å². The second-order valence-electron chi connectivity index (χ2n) is 3.99. The van der Waals surface area contributed by atoms with Crippen molar-refractivity contribution in [2.24, 2.45) is 5.73 Å². The average molecular weight is 223 g/mol. The van der Waals surface area contributed by atoms with Gasteiger partial charge < -0.3 is 20.3 Å². The molecule has 2 atom stereocenters. The number of aliphatic hydroxyl groups excluding tert-OH is 1. The molecule has 2 rings (SSSR count). The van der Waals surface area contributed by atoms with Crippen LogP contribution < -0.4 is 15.2 Å². The molecule has 0 spiro atoms. The van der Waals surface area contributed by atoms with E-state index < -0.39 is 6.10 Å². The van der Waals surface area contributed by atoms with Crippen molar-refractivity contribution < 1.29 is 14.6 Å². The molecule has 1 heterocycles. The summed E-state index contributed by atoms with van der Waals surface area (Å²) in [7, 11) is 0. The second-order valence-corrected chi connectivity index (χ2v) is 3.99. The first-order valence-electron chi connectivity index (χ1n) is 5.50. The molecule has 1 aromatic rings. The van der Waals surface area contributed by atoms with Crippen molar-refractivity contribution in [3.8, 4) is 11.5 Å². The monoisotopic (exact) mass is 223 g/mol. The molecule has 2 unspecified atom stereocenters. The van der Waals surface area contributed by atoms with Crippen LogP contribution in [0.25, 0.3) is 0 Å². The van der Waals surface area contributed by atoms with Gasteiger partial charge in [0.25, 0.3) is 0 Å². The van der Waals surface area contributed by atoms with E-state index in [1.165, 1.54) is 0 Å². The standard InChI is InChI=1S/C12H17NO3/c1-8(10(14)7-13)9-2-3-11-12(6-9)16-5-4-15-11/h2-3,6,8,10,14H,4-5,7,13H2,1H3. The van der Waals surface area contributed by atoms with E-state index in [0.717, 1.165) is 17.1 Å². The SMILES string of the molecule is CC(c1ccc2c(c1)OCCO2)C(O)CN. The van der Waals surface area contributed by atoms with Gasteiger partial charge in [-0.25, -0.2) is 0 Å². The number of rotatable bonds is 3. The minimum Gasteiger partial charge on any atom is -0.486 e. The smallest absolute Gasteiger partial charge is 0.161 e. The molecule has 0 aromatic heterocycles. The summed E-state index contributed by atoms with van der Waals surface area (Å²) >= 11 is 0. The third-order valence-corrected chi connectivity index (χ3v) is 2.91. The van der Waals surface area contributed by atoms with Crippen LogP contribution in [0.2, 0.25) is 0 Å². The Morgan fingerprint density at radius 3 is 2.69 bits per heavy atom. The maximum Gasteiger partial charge on any atom is 0.161 e. The molecule has 0 saturated heterocycles. The topological polar surface area (TPSA) is 64.7 Å². The van der Waals surface area contributed by atoms with Crippen LogP contribution >= 0.6 is 0 Å². The zero-order valence-electron chi connectivity index (χ0n) is 9.35.